The van der Waals surface area contributed by atoms with E-state index in [0.29, 0.717) is 25.2 Å². The van der Waals surface area contributed by atoms with E-state index in [9.17, 15) is 13.2 Å². The second-order valence-electron chi connectivity index (χ2n) is 7.12. The highest BCUT2D eigenvalue weighted by Gasteiger charge is 2.29. The average molecular weight is 431 g/mol. The van der Waals surface area contributed by atoms with Crippen molar-refractivity contribution in [2.24, 2.45) is 0 Å². The minimum atomic E-state index is -3.66. The number of imidazole rings is 1. The van der Waals surface area contributed by atoms with Gasteiger partial charge in [-0.1, -0.05) is 6.07 Å². The topological polar surface area (TPSA) is 84.3 Å². The van der Waals surface area contributed by atoms with Crippen molar-refractivity contribution in [2.45, 2.75) is 37.4 Å². The van der Waals surface area contributed by atoms with Gasteiger partial charge in [-0.2, -0.15) is 4.31 Å². The summed E-state index contributed by atoms with van der Waals surface area (Å²) in [5.41, 5.74) is 1.39. The molecular weight excluding hydrogens is 408 g/mol. The quantitative estimate of drug-likeness (QED) is 0.651. The molecule has 0 radical (unpaired) electrons. The largest absolute Gasteiger partial charge is 0.348 e. The molecule has 2 aromatic heterocycles. The molecule has 4 rings (SSSR count). The molecule has 0 unspecified atom stereocenters. The number of amides is 1. The number of hydrogen-bond acceptors (Lipinski definition) is 5. The molecule has 0 saturated carbocycles. The van der Waals surface area contributed by atoms with Crippen LogP contribution in [-0.4, -0.2) is 40.8 Å². The van der Waals surface area contributed by atoms with Crippen LogP contribution in [0.15, 0.2) is 59.3 Å². The van der Waals surface area contributed by atoms with Crippen LogP contribution in [0.1, 0.15) is 27.7 Å². The molecule has 1 aliphatic rings. The maximum absolute atomic E-state index is 13.1. The van der Waals surface area contributed by atoms with E-state index in [0.717, 1.165) is 12.0 Å². The van der Waals surface area contributed by atoms with E-state index in [1.165, 1.54) is 15.2 Å². The summed E-state index contributed by atoms with van der Waals surface area (Å²) >= 11 is 1.67. The lowest BCUT2D eigenvalue weighted by Crippen LogP contribution is -2.36. The summed E-state index contributed by atoms with van der Waals surface area (Å²) in [6.07, 6.45) is 5.92. The smallest absolute Gasteiger partial charge is 0.251 e. The molecule has 1 atom stereocenters. The molecule has 1 N–H and O–H groups in total. The molecule has 0 spiro atoms. The van der Waals surface area contributed by atoms with Gasteiger partial charge in [-0.3, -0.25) is 4.79 Å². The van der Waals surface area contributed by atoms with Crippen LogP contribution in [0.25, 0.3) is 0 Å². The molecular formula is C20H22N4O3S2. The van der Waals surface area contributed by atoms with Crippen molar-refractivity contribution in [2.75, 3.05) is 6.54 Å². The Morgan fingerprint density at radius 2 is 2.21 bits per heavy atom. The van der Waals surface area contributed by atoms with Crippen LogP contribution in [0.4, 0.5) is 0 Å². The number of carbonyl (C=O) groups is 1. The Labute approximate surface area is 174 Å². The number of nitrogens with zero attached hydrogens (tertiary/aromatic N) is 3. The van der Waals surface area contributed by atoms with Crippen molar-refractivity contribution in [3.8, 4) is 0 Å². The lowest BCUT2D eigenvalue weighted by Gasteiger charge is -2.26. The van der Waals surface area contributed by atoms with Crippen LogP contribution in [0.5, 0.6) is 0 Å². The maximum Gasteiger partial charge on any atom is 0.251 e. The highest BCUT2D eigenvalue weighted by atomic mass is 32.2. The Morgan fingerprint density at radius 3 is 3.00 bits per heavy atom. The number of nitrogens with one attached hydrogen (secondary N) is 1. The Bertz CT molecular complexity index is 1110. The third-order valence-corrected chi connectivity index (χ3v) is 7.79. The predicted molar refractivity (Wildman–Crippen MR) is 111 cm³/mol. The summed E-state index contributed by atoms with van der Waals surface area (Å²) in [6.45, 7) is 3.30. The summed E-state index contributed by atoms with van der Waals surface area (Å²) in [5, 5.41) is 4.90. The fourth-order valence-electron chi connectivity index (χ4n) is 3.44. The Hall–Kier alpha value is -2.49. The van der Waals surface area contributed by atoms with Gasteiger partial charge >= 0.3 is 0 Å². The first kappa shape index (κ1) is 19.8. The van der Waals surface area contributed by atoms with Crippen LogP contribution < -0.4 is 5.32 Å². The number of thiophene rings is 1. The van der Waals surface area contributed by atoms with Crippen LogP contribution in [0, 0.1) is 0 Å². The van der Waals surface area contributed by atoms with E-state index in [1.54, 1.807) is 42.1 Å². The van der Waals surface area contributed by atoms with E-state index in [4.69, 9.17) is 0 Å². The molecule has 7 nitrogen and oxygen atoms in total. The summed E-state index contributed by atoms with van der Waals surface area (Å²) < 4.78 is 29.6. The predicted octanol–water partition coefficient (Wildman–Crippen LogP) is 2.51. The Balaban J connectivity index is 1.48. The zero-order chi connectivity index (χ0) is 20.4. The lowest BCUT2D eigenvalue weighted by molar-refractivity contribution is 0.0936. The minimum absolute atomic E-state index is 0.129. The second kappa shape index (κ2) is 8.10. The van der Waals surface area contributed by atoms with E-state index >= 15 is 0 Å². The molecule has 1 aliphatic heterocycles. The number of rotatable bonds is 6. The summed E-state index contributed by atoms with van der Waals surface area (Å²) in [4.78, 5) is 18.0. The highest BCUT2D eigenvalue weighted by Crippen LogP contribution is 2.28. The lowest BCUT2D eigenvalue weighted by atomic mass is 10.1. The van der Waals surface area contributed by atoms with Gasteiger partial charge in [0.1, 0.15) is 0 Å². The zero-order valence-electron chi connectivity index (χ0n) is 16.0. The number of sulfonamides is 1. The summed E-state index contributed by atoms with van der Waals surface area (Å²) in [5.74, 6) is -0.298. The normalized spacial score (nSPS) is 15.6. The standard InChI is InChI=1S/C20H22N4O3S2/c1-15(12-23-9-7-21-14-23)22-20(25)16-3-2-4-18(11-16)29(26,27)24-8-5-19-17(13-24)6-10-28-19/h2-4,6-7,9-11,14-15H,5,8,12-13H2,1H3,(H,22,25)/t15-/m0/s1. The molecule has 0 fully saturated rings. The Morgan fingerprint density at radius 1 is 1.34 bits per heavy atom. The van der Waals surface area contributed by atoms with Crippen molar-refractivity contribution >= 4 is 27.3 Å². The van der Waals surface area contributed by atoms with Gasteiger partial charge in [0, 0.05) is 48.5 Å². The van der Waals surface area contributed by atoms with Crippen LogP contribution in [-0.2, 0) is 29.5 Å². The summed E-state index contributed by atoms with van der Waals surface area (Å²) in [7, 11) is -3.66. The van der Waals surface area contributed by atoms with Crippen molar-refractivity contribution in [3.63, 3.8) is 0 Å². The van der Waals surface area contributed by atoms with Crippen molar-refractivity contribution in [1.82, 2.24) is 19.2 Å². The first-order chi connectivity index (χ1) is 13.9. The first-order valence-corrected chi connectivity index (χ1v) is 11.7. The molecule has 29 heavy (non-hydrogen) atoms. The number of benzene rings is 1. The van der Waals surface area contributed by atoms with Gasteiger partial charge in [0.15, 0.2) is 0 Å². The van der Waals surface area contributed by atoms with Gasteiger partial charge in [-0.15, -0.1) is 11.3 Å². The number of fused-ring (bicyclic) bond motifs is 1. The third kappa shape index (κ3) is 4.26. The molecule has 152 valence electrons. The maximum atomic E-state index is 13.1. The molecule has 0 saturated heterocycles. The van der Waals surface area contributed by atoms with Gasteiger partial charge in [-0.25, -0.2) is 13.4 Å². The number of hydrogen-bond donors (Lipinski definition) is 1. The van der Waals surface area contributed by atoms with Gasteiger partial charge in [0.05, 0.1) is 11.2 Å². The molecule has 0 bridgehead atoms. The van der Waals surface area contributed by atoms with Gasteiger partial charge in [-0.05, 0) is 48.6 Å². The molecule has 9 heteroatoms. The zero-order valence-corrected chi connectivity index (χ0v) is 17.6. The SMILES string of the molecule is C[C@@H](Cn1ccnc1)NC(=O)c1cccc(S(=O)(=O)N2CCc3sccc3C2)c1. The van der Waals surface area contributed by atoms with E-state index in [-0.39, 0.29) is 16.8 Å². The summed E-state index contributed by atoms with van der Waals surface area (Å²) in [6, 6.07) is 8.10. The first-order valence-electron chi connectivity index (χ1n) is 9.35. The van der Waals surface area contributed by atoms with E-state index < -0.39 is 10.0 Å². The van der Waals surface area contributed by atoms with Crippen molar-refractivity contribution in [3.05, 3.63) is 70.4 Å². The third-order valence-electron chi connectivity index (χ3n) is 4.93. The van der Waals surface area contributed by atoms with Crippen LogP contribution in [0.2, 0.25) is 0 Å². The van der Waals surface area contributed by atoms with E-state index in [1.807, 2.05) is 29.1 Å². The molecule has 1 amide bonds. The van der Waals surface area contributed by atoms with Crippen molar-refractivity contribution in [1.29, 1.82) is 0 Å². The fraction of sp³-hybridized carbons (Fsp3) is 0.300. The minimum Gasteiger partial charge on any atom is -0.348 e. The Kier molecular flexibility index (Phi) is 5.53. The number of aromatic nitrogens is 2. The average Bonchev–Trinajstić information content (AvgIpc) is 3.39. The van der Waals surface area contributed by atoms with Gasteiger partial charge < -0.3 is 9.88 Å². The van der Waals surface area contributed by atoms with Gasteiger partial charge in [0.25, 0.3) is 5.91 Å². The van der Waals surface area contributed by atoms with E-state index in [2.05, 4.69) is 10.3 Å². The van der Waals surface area contributed by atoms with Crippen molar-refractivity contribution < 1.29 is 13.2 Å². The molecule has 3 heterocycles. The van der Waals surface area contributed by atoms with Gasteiger partial charge in [0.2, 0.25) is 10.0 Å². The highest BCUT2D eigenvalue weighted by molar-refractivity contribution is 7.89. The molecule has 0 aliphatic carbocycles. The number of carbonyl (C=O) groups excluding carboxylic acids is 1. The van der Waals surface area contributed by atoms with Crippen LogP contribution in [0.3, 0.4) is 0 Å². The second-order valence-corrected chi connectivity index (χ2v) is 10.1. The monoisotopic (exact) mass is 430 g/mol. The van der Waals surface area contributed by atoms with Crippen LogP contribution >= 0.6 is 11.3 Å². The fourth-order valence-corrected chi connectivity index (χ4v) is 5.79. The molecule has 1 aromatic carbocycles. The molecule has 3 aromatic rings.